The topological polar surface area (TPSA) is 75.5 Å². The molecule has 1 saturated heterocycles. The molecule has 1 aliphatic heterocycles. The van der Waals surface area contributed by atoms with Crippen LogP contribution in [0.2, 0.25) is 5.02 Å². The summed E-state index contributed by atoms with van der Waals surface area (Å²) in [4.78, 5) is 26.2. The lowest BCUT2D eigenvalue weighted by Crippen LogP contribution is -2.37. The normalized spacial score (nSPS) is 16.8. The quantitative estimate of drug-likeness (QED) is 0.402. The van der Waals surface area contributed by atoms with Crippen LogP contribution in [-0.4, -0.2) is 23.4 Å². The fourth-order valence-electron chi connectivity index (χ4n) is 3.77. The summed E-state index contributed by atoms with van der Waals surface area (Å²) in [6.07, 6.45) is 3.65. The number of amides is 1. The first kappa shape index (κ1) is 19.7. The van der Waals surface area contributed by atoms with E-state index in [0.29, 0.717) is 21.8 Å². The minimum Gasteiger partial charge on any atom is -0.369 e. The van der Waals surface area contributed by atoms with Crippen molar-refractivity contribution in [2.45, 2.75) is 32.2 Å². The van der Waals surface area contributed by atoms with Gasteiger partial charge in [-0.2, -0.15) is 0 Å². The van der Waals surface area contributed by atoms with Gasteiger partial charge < -0.3 is 10.2 Å². The minimum absolute atomic E-state index is 0.0477. The number of fused-ring (bicyclic) bond motifs is 1. The zero-order chi connectivity index (χ0) is 20.5. The number of nitrogens with one attached hydrogen (secondary N) is 1. The zero-order valence-electron chi connectivity index (χ0n) is 15.9. The van der Waals surface area contributed by atoms with Crippen LogP contribution in [-0.2, 0) is 0 Å². The van der Waals surface area contributed by atoms with Crippen molar-refractivity contribution < 1.29 is 9.72 Å². The molecule has 0 saturated carbocycles. The molecule has 0 radical (unpaired) electrons. The van der Waals surface area contributed by atoms with E-state index in [0.717, 1.165) is 23.6 Å². The fourth-order valence-corrected chi connectivity index (χ4v) is 5.26. The number of hydrogen-bond acceptors (Lipinski definition) is 5. The molecule has 1 aromatic heterocycles. The molecule has 1 fully saturated rings. The van der Waals surface area contributed by atoms with Gasteiger partial charge in [-0.3, -0.25) is 14.9 Å². The Morgan fingerprint density at radius 2 is 2.00 bits per heavy atom. The Hall–Kier alpha value is -2.64. The first-order chi connectivity index (χ1) is 14.0. The molecule has 2 aromatic carbocycles. The number of piperidine rings is 1. The highest BCUT2D eigenvalue weighted by Crippen LogP contribution is 2.40. The van der Waals surface area contributed by atoms with Crippen molar-refractivity contribution in [3.63, 3.8) is 0 Å². The highest BCUT2D eigenvalue weighted by atomic mass is 35.5. The van der Waals surface area contributed by atoms with E-state index in [9.17, 15) is 14.9 Å². The summed E-state index contributed by atoms with van der Waals surface area (Å²) in [5, 5.41) is 14.9. The van der Waals surface area contributed by atoms with Crippen molar-refractivity contribution in [2.75, 3.05) is 16.8 Å². The molecule has 1 unspecified atom stereocenters. The summed E-state index contributed by atoms with van der Waals surface area (Å²) in [6, 6.07) is 12.9. The van der Waals surface area contributed by atoms with E-state index >= 15 is 0 Å². The van der Waals surface area contributed by atoms with E-state index in [1.807, 2.05) is 24.3 Å². The van der Waals surface area contributed by atoms with Crippen LogP contribution in [0.15, 0.2) is 42.5 Å². The molecule has 1 atom stereocenters. The average Bonchev–Trinajstić information content (AvgIpc) is 3.06. The summed E-state index contributed by atoms with van der Waals surface area (Å²) in [7, 11) is 0. The molecule has 4 rings (SSSR count). The maximum absolute atomic E-state index is 12.8. The van der Waals surface area contributed by atoms with Gasteiger partial charge in [0.25, 0.3) is 11.6 Å². The van der Waals surface area contributed by atoms with Gasteiger partial charge in [-0.1, -0.05) is 23.7 Å². The number of anilines is 2. The molecule has 8 heteroatoms. The smallest absolute Gasteiger partial charge is 0.287 e. The van der Waals surface area contributed by atoms with Gasteiger partial charge in [-0.05, 0) is 50.5 Å². The number of nitro groups is 1. The van der Waals surface area contributed by atoms with Gasteiger partial charge in [0.1, 0.15) is 9.58 Å². The molecule has 29 heavy (non-hydrogen) atoms. The molecule has 0 bridgehead atoms. The monoisotopic (exact) mass is 429 g/mol. The van der Waals surface area contributed by atoms with Crippen molar-refractivity contribution in [3.05, 3.63) is 62.5 Å². The number of rotatable bonds is 4. The van der Waals surface area contributed by atoms with Crippen molar-refractivity contribution in [3.8, 4) is 0 Å². The number of non-ortho nitro benzene ring substituents is 1. The maximum Gasteiger partial charge on any atom is 0.287 e. The number of nitrogens with zero attached hydrogens (tertiary/aromatic N) is 2. The number of carbonyl (C=O) groups excluding carboxylic acids is 1. The van der Waals surface area contributed by atoms with Crippen molar-refractivity contribution in [1.29, 1.82) is 0 Å². The van der Waals surface area contributed by atoms with Crippen molar-refractivity contribution >= 4 is 56.0 Å². The Kier molecular flexibility index (Phi) is 5.43. The third-order valence-electron chi connectivity index (χ3n) is 5.30. The third kappa shape index (κ3) is 3.80. The van der Waals surface area contributed by atoms with Gasteiger partial charge in [0.2, 0.25) is 0 Å². The van der Waals surface area contributed by atoms with Gasteiger partial charge in [0.05, 0.1) is 9.95 Å². The van der Waals surface area contributed by atoms with Crippen LogP contribution in [0.3, 0.4) is 0 Å². The second-order valence-corrected chi connectivity index (χ2v) is 8.59. The average molecular weight is 430 g/mol. The van der Waals surface area contributed by atoms with Crippen LogP contribution >= 0.6 is 22.9 Å². The molecule has 3 aromatic rings. The molecule has 150 valence electrons. The van der Waals surface area contributed by atoms with Gasteiger partial charge in [-0.25, -0.2) is 0 Å². The summed E-state index contributed by atoms with van der Waals surface area (Å²) in [6.45, 7) is 3.28. The number of thiophene rings is 1. The van der Waals surface area contributed by atoms with Crippen LogP contribution in [0.25, 0.3) is 10.1 Å². The standard InChI is InChI=1S/C21H20ClN3O3S/c1-13-5-2-3-12-24(13)15-10-8-14(9-11-15)23-21(26)20-18(22)16-6-4-7-17(25(27)28)19(16)29-20/h4,6-11,13H,2-3,5,12H2,1H3,(H,23,26). The van der Waals surface area contributed by atoms with Crippen LogP contribution in [0.1, 0.15) is 35.9 Å². The number of halogens is 1. The second-order valence-electron chi connectivity index (χ2n) is 7.20. The van der Waals surface area contributed by atoms with Crippen molar-refractivity contribution in [1.82, 2.24) is 0 Å². The Labute approximate surface area is 177 Å². The molecule has 6 nitrogen and oxygen atoms in total. The van der Waals surface area contributed by atoms with Crippen LogP contribution < -0.4 is 10.2 Å². The molecular weight excluding hydrogens is 410 g/mol. The van der Waals surface area contributed by atoms with Crippen LogP contribution in [0, 0.1) is 10.1 Å². The largest absolute Gasteiger partial charge is 0.369 e. The Morgan fingerprint density at radius 1 is 1.24 bits per heavy atom. The SMILES string of the molecule is CC1CCCCN1c1ccc(NC(=O)c2sc3c([N+](=O)[O-])cccc3c2Cl)cc1. The molecular formula is C21H20ClN3O3S. The van der Waals surface area contributed by atoms with E-state index in [-0.39, 0.29) is 21.5 Å². The van der Waals surface area contributed by atoms with E-state index in [4.69, 9.17) is 11.6 Å². The highest BCUT2D eigenvalue weighted by molar-refractivity contribution is 7.22. The zero-order valence-corrected chi connectivity index (χ0v) is 17.4. The fraction of sp³-hybridized carbons (Fsp3) is 0.286. The van der Waals surface area contributed by atoms with E-state index in [2.05, 4.69) is 17.1 Å². The van der Waals surface area contributed by atoms with Crippen LogP contribution in [0.4, 0.5) is 17.1 Å². The lowest BCUT2D eigenvalue weighted by atomic mass is 10.0. The van der Waals surface area contributed by atoms with Gasteiger partial charge >= 0.3 is 0 Å². The molecule has 0 spiro atoms. The molecule has 1 N–H and O–H groups in total. The third-order valence-corrected chi connectivity index (χ3v) is 7.03. The Morgan fingerprint density at radius 3 is 2.69 bits per heavy atom. The first-order valence-electron chi connectivity index (χ1n) is 9.49. The molecule has 0 aliphatic carbocycles. The van der Waals surface area contributed by atoms with E-state index in [1.165, 1.54) is 25.3 Å². The Bertz CT molecular complexity index is 1080. The lowest BCUT2D eigenvalue weighted by molar-refractivity contribution is -0.382. The maximum atomic E-state index is 12.8. The second kappa shape index (κ2) is 8.00. The lowest BCUT2D eigenvalue weighted by Gasteiger charge is -2.35. The summed E-state index contributed by atoms with van der Waals surface area (Å²) in [5.74, 6) is -0.371. The van der Waals surface area contributed by atoms with Crippen LogP contribution in [0.5, 0.6) is 0 Å². The van der Waals surface area contributed by atoms with Gasteiger partial charge in [0.15, 0.2) is 0 Å². The number of hydrogen-bond donors (Lipinski definition) is 1. The summed E-state index contributed by atoms with van der Waals surface area (Å²) in [5.41, 5.74) is 1.76. The molecule has 1 aliphatic rings. The number of nitro benzene ring substituents is 1. The minimum atomic E-state index is -0.461. The predicted molar refractivity (Wildman–Crippen MR) is 119 cm³/mol. The number of carbonyl (C=O) groups is 1. The predicted octanol–water partition coefficient (Wildman–Crippen LogP) is 6.09. The van der Waals surface area contributed by atoms with E-state index in [1.54, 1.807) is 12.1 Å². The number of benzene rings is 2. The van der Waals surface area contributed by atoms with Gasteiger partial charge in [0, 0.05) is 35.4 Å². The Balaban J connectivity index is 1.56. The van der Waals surface area contributed by atoms with Gasteiger partial charge in [-0.15, -0.1) is 11.3 Å². The molecule has 1 amide bonds. The highest BCUT2D eigenvalue weighted by Gasteiger charge is 2.23. The van der Waals surface area contributed by atoms with Crippen molar-refractivity contribution in [2.24, 2.45) is 0 Å². The summed E-state index contributed by atoms with van der Waals surface area (Å²) < 4.78 is 0.405. The summed E-state index contributed by atoms with van der Waals surface area (Å²) >= 11 is 7.40. The first-order valence-corrected chi connectivity index (χ1v) is 10.7. The van der Waals surface area contributed by atoms with E-state index < -0.39 is 4.92 Å². The molecule has 2 heterocycles.